The molecule has 54 heavy (non-hydrogen) atoms. The minimum Gasteiger partial charge on any atom is 3.00 e. The Balaban J connectivity index is 0. The summed E-state index contributed by atoms with van der Waals surface area (Å²) in [6, 6.07) is 29.3. The van der Waals surface area contributed by atoms with Gasteiger partial charge in [-0.3, -0.25) is 9.97 Å². The van der Waals surface area contributed by atoms with Crippen LogP contribution in [-0.2, 0) is 30.9 Å². The zero-order valence-electron chi connectivity index (χ0n) is 28.6. The number of nitrogens with zero attached hydrogens (tertiary/aromatic N) is 2. The topological polar surface area (TPSA) is 25.8 Å². The Bertz CT molecular complexity index is 1560. The second kappa shape index (κ2) is 15.1. The van der Waals surface area contributed by atoms with Crippen molar-refractivity contribution < 1.29 is 95.6 Å². The van der Waals surface area contributed by atoms with Gasteiger partial charge in [-0.1, -0.05) is 102 Å². The van der Waals surface area contributed by atoms with Crippen molar-refractivity contribution in [2.24, 2.45) is 0 Å². The van der Waals surface area contributed by atoms with E-state index in [1.54, 1.807) is 0 Å². The van der Waals surface area contributed by atoms with Gasteiger partial charge in [0.25, 0.3) is 0 Å². The minimum absolute atomic E-state index is 0. The fourth-order valence-corrected chi connectivity index (χ4v) is 3.35. The van der Waals surface area contributed by atoms with Gasteiger partial charge in [0.05, 0.1) is 11.4 Å². The Hall–Kier alpha value is -2.58. The van der Waals surface area contributed by atoms with Crippen LogP contribution in [0.25, 0.3) is 22.5 Å². The van der Waals surface area contributed by atoms with Gasteiger partial charge in [0.1, 0.15) is 0 Å². The quantitative estimate of drug-likeness (QED) is 0.148. The number of rotatable bonds is 2. The third kappa shape index (κ3) is 40.6. The maximum absolute atomic E-state index is 10.7. The Kier molecular flexibility index (Phi) is 14.9. The standard InChI is InChI=1S/2C15H17N.3F6P.Ir/c2*1-15(2,3)13-9-7-12(8-10-13)14-6-4-5-11-16-14;3*1-7(2,3,4,5)6;/h2*4-11H,1-3H3;;;;/q;;3*-1;+3. The Morgan fingerprint density at radius 2 is 0.556 bits per heavy atom. The van der Waals surface area contributed by atoms with Crippen molar-refractivity contribution >= 4 is 23.4 Å². The van der Waals surface area contributed by atoms with E-state index in [-0.39, 0.29) is 30.9 Å². The third-order valence-corrected chi connectivity index (χ3v) is 5.42. The fraction of sp³-hybridized carbons (Fsp3) is 0.267. The van der Waals surface area contributed by atoms with Crippen LogP contribution in [0.3, 0.4) is 0 Å². The molecule has 2 heterocycles. The largest absolute Gasteiger partial charge is 3.00 e. The molecule has 2 aromatic heterocycles. The molecule has 0 radical (unpaired) electrons. The molecule has 0 atom stereocenters. The molecule has 0 spiro atoms. The van der Waals surface area contributed by atoms with Crippen LogP contribution in [0.15, 0.2) is 97.3 Å². The van der Waals surface area contributed by atoms with Gasteiger partial charge in [-0.2, -0.15) is 0 Å². The first kappa shape index (κ1) is 53.5. The number of pyridine rings is 2. The number of benzene rings is 2. The molecule has 0 saturated heterocycles. The number of aromatic nitrogens is 2. The van der Waals surface area contributed by atoms with E-state index in [1.807, 2.05) is 48.8 Å². The van der Waals surface area contributed by atoms with E-state index in [4.69, 9.17) is 0 Å². The van der Waals surface area contributed by atoms with Crippen molar-refractivity contribution in [1.82, 2.24) is 9.97 Å². The molecule has 0 amide bonds. The van der Waals surface area contributed by atoms with E-state index >= 15 is 0 Å². The van der Waals surface area contributed by atoms with Gasteiger partial charge >= 0.3 is 119 Å². The smallest absolute Gasteiger partial charge is 3.00 e. The van der Waals surface area contributed by atoms with Crippen LogP contribution in [0.2, 0.25) is 0 Å². The molecule has 24 heteroatoms. The summed E-state index contributed by atoms with van der Waals surface area (Å²) >= 11 is 0. The van der Waals surface area contributed by atoms with E-state index in [0.29, 0.717) is 0 Å². The summed E-state index contributed by atoms with van der Waals surface area (Å²) in [6.45, 7) is 13.3. The van der Waals surface area contributed by atoms with Crippen molar-refractivity contribution in [3.8, 4) is 22.5 Å². The van der Waals surface area contributed by atoms with E-state index < -0.39 is 23.4 Å². The van der Waals surface area contributed by atoms with Crippen LogP contribution in [0.5, 0.6) is 0 Å². The summed E-state index contributed by atoms with van der Waals surface area (Å²) in [5, 5.41) is 0. The first-order valence-corrected chi connectivity index (χ1v) is 20.3. The summed E-state index contributed by atoms with van der Waals surface area (Å²) < 4.78 is 178. The van der Waals surface area contributed by atoms with E-state index in [9.17, 15) is 75.5 Å². The fourth-order valence-electron chi connectivity index (χ4n) is 3.35. The zero-order valence-corrected chi connectivity index (χ0v) is 33.7. The van der Waals surface area contributed by atoms with Crippen molar-refractivity contribution in [1.29, 1.82) is 0 Å². The maximum atomic E-state index is 9.87. The van der Waals surface area contributed by atoms with Gasteiger partial charge < -0.3 is 0 Å². The molecular formula is C30H34F18IrN2P3. The zero-order chi connectivity index (χ0) is 42.4. The average molecular weight is 1050 g/mol. The number of halogens is 18. The van der Waals surface area contributed by atoms with Crippen LogP contribution in [0.4, 0.5) is 75.5 Å². The van der Waals surface area contributed by atoms with Crippen LogP contribution in [0.1, 0.15) is 52.7 Å². The third-order valence-electron chi connectivity index (χ3n) is 5.42. The van der Waals surface area contributed by atoms with Gasteiger partial charge in [0, 0.05) is 23.5 Å². The van der Waals surface area contributed by atoms with E-state index in [0.717, 1.165) is 11.4 Å². The molecule has 2 nitrogen and oxygen atoms in total. The minimum atomic E-state index is -10.7. The molecule has 4 rings (SSSR count). The molecular weight excluding hydrogens is 1020 g/mol. The van der Waals surface area contributed by atoms with E-state index in [1.165, 1.54) is 22.3 Å². The molecule has 0 aliphatic heterocycles. The molecule has 0 N–H and O–H groups in total. The summed E-state index contributed by atoms with van der Waals surface area (Å²) in [5.74, 6) is 0. The van der Waals surface area contributed by atoms with Gasteiger partial charge in [0.15, 0.2) is 0 Å². The van der Waals surface area contributed by atoms with Gasteiger partial charge in [0.2, 0.25) is 0 Å². The van der Waals surface area contributed by atoms with Crippen LogP contribution in [0, 0.1) is 0 Å². The maximum Gasteiger partial charge on any atom is 3.00 e. The Morgan fingerprint density at radius 3 is 0.704 bits per heavy atom. The van der Waals surface area contributed by atoms with Gasteiger partial charge in [-0.15, -0.1) is 0 Å². The van der Waals surface area contributed by atoms with Crippen LogP contribution in [-0.4, -0.2) is 9.97 Å². The second-order valence-corrected chi connectivity index (χ2v) is 18.7. The van der Waals surface area contributed by atoms with Crippen molar-refractivity contribution in [2.75, 3.05) is 0 Å². The van der Waals surface area contributed by atoms with Crippen molar-refractivity contribution in [3.63, 3.8) is 0 Å². The monoisotopic (exact) mass is 1050 g/mol. The summed E-state index contributed by atoms with van der Waals surface area (Å²) in [7, 11) is -32.0. The Labute approximate surface area is 311 Å². The molecule has 0 fully saturated rings. The van der Waals surface area contributed by atoms with Gasteiger partial charge in [-0.25, -0.2) is 0 Å². The molecule has 4 aromatic rings. The predicted octanol–water partition coefficient (Wildman–Crippen LogP) is 18.2. The summed E-state index contributed by atoms with van der Waals surface area (Å²) in [4.78, 5) is 8.68. The summed E-state index contributed by atoms with van der Waals surface area (Å²) in [6.07, 6.45) is 3.65. The molecule has 314 valence electrons. The second-order valence-electron chi connectivity index (χ2n) is 13.0. The first-order chi connectivity index (χ1) is 22.5. The SMILES string of the molecule is CC(C)(C)c1ccc(-c2ccccn2)cc1.CC(C)(C)c1ccc(-c2ccccn2)cc1.F[P-](F)(F)(F)(F)F.F[P-](F)(F)(F)(F)F.F[P-](F)(F)(F)(F)F.[Ir+3]. The first-order valence-electron chi connectivity index (χ1n) is 14.2. The predicted molar refractivity (Wildman–Crippen MR) is 177 cm³/mol. The molecule has 0 bridgehead atoms. The molecule has 0 unspecified atom stereocenters. The van der Waals surface area contributed by atoms with Crippen molar-refractivity contribution in [2.45, 2.75) is 52.4 Å². The molecule has 0 aliphatic carbocycles. The van der Waals surface area contributed by atoms with Gasteiger partial charge in [-0.05, 0) is 46.2 Å². The molecule has 2 aromatic carbocycles. The van der Waals surface area contributed by atoms with Crippen molar-refractivity contribution in [3.05, 3.63) is 108 Å². The average Bonchev–Trinajstić information content (AvgIpc) is 2.88. The van der Waals surface area contributed by atoms with Crippen LogP contribution >= 0.6 is 23.4 Å². The van der Waals surface area contributed by atoms with Crippen LogP contribution < -0.4 is 0 Å². The molecule has 0 aliphatic rings. The normalized spacial score (nSPS) is 15.8. The van der Waals surface area contributed by atoms with E-state index in [2.05, 4.69) is 100 Å². The Morgan fingerprint density at radius 1 is 0.352 bits per heavy atom. The molecule has 0 saturated carbocycles. The number of hydrogen-bond donors (Lipinski definition) is 0. The summed E-state index contributed by atoms with van der Waals surface area (Å²) in [5.41, 5.74) is 7.54. The number of hydrogen-bond acceptors (Lipinski definition) is 2.